The Morgan fingerprint density at radius 1 is 1.45 bits per heavy atom. The first kappa shape index (κ1) is 23.3. The number of amides is 2. The Balaban J connectivity index is 2.52. The van der Waals surface area contributed by atoms with Crippen LogP contribution >= 0.6 is 11.3 Å². The van der Waals surface area contributed by atoms with E-state index < -0.39 is 17.7 Å². The summed E-state index contributed by atoms with van der Waals surface area (Å²) in [7, 11) is 3.32. The summed E-state index contributed by atoms with van der Waals surface area (Å²) in [5, 5.41) is 11.4. The molecule has 8 nitrogen and oxygen atoms in total. The van der Waals surface area contributed by atoms with Crippen LogP contribution in [0.3, 0.4) is 0 Å². The van der Waals surface area contributed by atoms with E-state index in [9.17, 15) is 14.7 Å². The topological polar surface area (TPSA) is 91.3 Å². The van der Waals surface area contributed by atoms with Crippen molar-refractivity contribution in [1.82, 2.24) is 15.3 Å². The molecule has 29 heavy (non-hydrogen) atoms. The van der Waals surface area contributed by atoms with Gasteiger partial charge in [-0.1, -0.05) is 6.08 Å². The average molecular weight is 426 g/mol. The van der Waals surface area contributed by atoms with Gasteiger partial charge in [-0.15, -0.1) is 17.9 Å². The van der Waals surface area contributed by atoms with Crippen LogP contribution in [0.15, 0.2) is 18.0 Å². The monoisotopic (exact) mass is 425 g/mol. The van der Waals surface area contributed by atoms with E-state index in [1.165, 1.54) is 21.1 Å². The number of thiophene rings is 1. The van der Waals surface area contributed by atoms with Gasteiger partial charge in [0.15, 0.2) is 0 Å². The van der Waals surface area contributed by atoms with E-state index in [1.807, 2.05) is 5.38 Å². The molecule has 0 saturated heterocycles. The fourth-order valence-electron chi connectivity index (χ4n) is 3.16. The molecule has 0 spiro atoms. The van der Waals surface area contributed by atoms with Gasteiger partial charge in [0, 0.05) is 37.7 Å². The maximum Gasteiger partial charge on any atom is 0.411 e. The molecule has 2 unspecified atom stereocenters. The SMILES string of the molecule is C=CCONC1CN(C(=O)OC(C)(C)C)C(C(=O)N(C)C)c2c(CCO)csc21. The van der Waals surface area contributed by atoms with Crippen LogP contribution in [0.25, 0.3) is 0 Å². The van der Waals surface area contributed by atoms with Crippen LogP contribution in [0, 0.1) is 0 Å². The van der Waals surface area contributed by atoms with Crippen molar-refractivity contribution in [3.8, 4) is 0 Å². The van der Waals surface area contributed by atoms with Gasteiger partial charge in [-0.25, -0.2) is 4.79 Å². The molecule has 9 heteroatoms. The van der Waals surface area contributed by atoms with Gasteiger partial charge >= 0.3 is 6.09 Å². The summed E-state index contributed by atoms with van der Waals surface area (Å²) in [5.41, 5.74) is 3.85. The van der Waals surface area contributed by atoms with Crippen molar-refractivity contribution in [2.45, 2.75) is 44.9 Å². The Morgan fingerprint density at radius 3 is 2.69 bits per heavy atom. The normalized spacial score (nSPS) is 18.9. The van der Waals surface area contributed by atoms with Gasteiger partial charge in [0.1, 0.15) is 11.6 Å². The fraction of sp³-hybridized carbons (Fsp3) is 0.600. The number of likely N-dealkylation sites (N-methyl/N-ethyl adjacent to an activating group) is 1. The van der Waals surface area contributed by atoms with Crippen LogP contribution in [0.4, 0.5) is 4.79 Å². The van der Waals surface area contributed by atoms with Gasteiger partial charge in [-0.05, 0) is 38.1 Å². The quantitative estimate of drug-likeness (QED) is 0.396. The Bertz CT molecular complexity index is 741. The zero-order valence-corrected chi connectivity index (χ0v) is 18.5. The van der Waals surface area contributed by atoms with Crippen LogP contribution in [0.5, 0.6) is 0 Å². The number of fused-ring (bicyclic) bond motifs is 1. The molecule has 0 radical (unpaired) electrons. The number of rotatable bonds is 7. The van der Waals surface area contributed by atoms with Crippen molar-refractivity contribution < 1.29 is 24.3 Å². The summed E-state index contributed by atoms with van der Waals surface area (Å²) >= 11 is 1.49. The van der Waals surface area contributed by atoms with E-state index in [0.717, 1.165) is 16.0 Å². The summed E-state index contributed by atoms with van der Waals surface area (Å²) in [6.45, 7) is 9.44. The molecule has 2 rings (SSSR count). The van der Waals surface area contributed by atoms with Crippen LogP contribution in [-0.4, -0.2) is 66.4 Å². The molecule has 0 fully saturated rings. The molecule has 1 aliphatic heterocycles. The van der Waals surface area contributed by atoms with Crippen LogP contribution in [-0.2, 0) is 20.8 Å². The third-order valence-electron chi connectivity index (χ3n) is 4.33. The Kier molecular flexibility index (Phi) is 7.81. The van der Waals surface area contributed by atoms with Crippen LogP contribution in [0.2, 0.25) is 0 Å². The number of nitrogens with one attached hydrogen (secondary N) is 1. The number of carbonyl (C=O) groups excluding carboxylic acids is 2. The molecule has 2 amide bonds. The first-order valence-corrected chi connectivity index (χ1v) is 10.4. The molecule has 162 valence electrons. The van der Waals surface area contributed by atoms with Gasteiger partial charge in [0.2, 0.25) is 5.91 Å². The zero-order chi connectivity index (χ0) is 21.8. The largest absolute Gasteiger partial charge is 0.444 e. The molecule has 1 aromatic rings. The molecule has 0 aliphatic carbocycles. The van der Waals surface area contributed by atoms with Gasteiger partial charge < -0.3 is 14.7 Å². The molecule has 0 aromatic carbocycles. The van der Waals surface area contributed by atoms with E-state index in [1.54, 1.807) is 40.9 Å². The number of hydrogen-bond acceptors (Lipinski definition) is 7. The van der Waals surface area contributed by atoms with Gasteiger partial charge in [0.05, 0.1) is 12.6 Å². The van der Waals surface area contributed by atoms with Crippen molar-refractivity contribution in [3.63, 3.8) is 0 Å². The lowest BCUT2D eigenvalue weighted by Gasteiger charge is -2.40. The molecular weight excluding hydrogens is 394 g/mol. The fourth-order valence-corrected chi connectivity index (χ4v) is 4.33. The van der Waals surface area contributed by atoms with E-state index in [4.69, 9.17) is 9.57 Å². The standard InChI is InChI=1S/C20H31N3O5S/c1-7-10-27-21-14-11-23(19(26)28-20(2,3)4)16(18(25)22(5)6)15-13(8-9-24)12-29-17(14)15/h7,12,14,16,21,24H,1,8-11H2,2-6H3. The maximum absolute atomic E-state index is 13.1. The number of aliphatic hydroxyl groups excluding tert-OH is 1. The molecule has 2 N–H and O–H groups in total. The Hall–Kier alpha value is -1.94. The van der Waals surface area contributed by atoms with Gasteiger partial charge in [-0.2, -0.15) is 5.48 Å². The highest BCUT2D eigenvalue weighted by molar-refractivity contribution is 7.10. The van der Waals surface area contributed by atoms with Crippen LogP contribution in [0.1, 0.15) is 48.9 Å². The van der Waals surface area contributed by atoms with Crippen molar-refractivity contribution >= 4 is 23.3 Å². The van der Waals surface area contributed by atoms with Crippen molar-refractivity contribution in [2.75, 3.05) is 33.9 Å². The first-order valence-electron chi connectivity index (χ1n) is 9.50. The van der Waals surface area contributed by atoms with E-state index in [2.05, 4.69) is 12.1 Å². The summed E-state index contributed by atoms with van der Waals surface area (Å²) in [4.78, 5) is 35.4. The lowest BCUT2D eigenvalue weighted by Crippen LogP contribution is -2.51. The number of hydrogen-bond donors (Lipinski definition) is 2. The number of carbonyl (C=O) groups is 2. The predicted molar refractivity (Wildman–Crippen MR) is 112 cm³/mol. The second-order valence-electron chi connectivity index (χ2n) is 8.05. The molecule has 1 aromatic heterocycles. The molecular formula is C20H31N3O5S. The number of nitrogens with zero attached hydrogens (tertiary/aromatic N) is 2. The average Bonchev–Trinajstić information content (AvgIpc) is 3.03. The molecule has 0 saturated carbocycles. The minimum Gasteiger partial charge on any atom is -0.444 e. The molecule has 1 aliphatic rings. The van der Waals surface area contributed by atoms with Crippen LogP contribution < -0.4 is 5.48 Å². The second-order valence-corrected chi connectivity index (χ2v) is 8.96. The Labute approximate surface area is 176 Å². The molecule has 2 heterocycles. The number of ether oxygens (including phenoxy) is 1. The van der Waals surface area contributed by atoms with E-state index in [-0.39, 0.29) is 25.1 Å². The lowest BCUT2D eigenvalue weighted by atomic mass is 9.92. The first-order chi connectivity index (χ1) is 13.6. The highest BCUT2D eigenvalue weighted by Gasteiger charge is 2.44. The van der Waals surface area contributed by atoms with Crippen molar-refractivity contribution in [2.24, 2.45) is 0 Å². The third kappa shape index (κ3) is 5.57. The second kappa shape index (κ2) is 9.71. The molecule has 0 bridgehead atoms. The summed E-state index contributed by atoms with van der Waals surface area (Å²) in [5.74, 6) is -0.222. The summed E-state index contributed by atoms with van der Waals surface area (Å²) in [6.07, 6.45) is 1.44. The highest BCUT2D eigenvalue weighted by atomic mass is 32.1. The Morgan fingerprint density at radius 2 is 2.14 bits per heavy atom. The van der Waals surface area contributed by atoms with Gasteiger partial charge in [0.25, 0.3) is 0 Å². The predicted octanol–water partition coefficient (Wildman–Crippen LogP) is 2.41. The highest BCUT2D eigenvalue weighted by Crippen LogP contribution is 2.42. The number of aliphatic hydroxyl groups is 1. The van der Waals surface area contributed by atoms with Crippen molar-refractivity contribution in [3.05, 3.63) is 34.0 Å². The minimum absolute atomic E-state index is 0.0520. The van der Waals surface area contributed by atoms with E-state index in [0.29, 0.717) is 13.0 Å². The maximum atomic E-state index is 13.1. The number of hydroxylamine groups is 1. The summed E-state index contributed by atoms with van der Waals surface area (Å²) < 4.78 is 5.59. The van der Waals surface area contributed by atoms with Crippen molar-refractivity contribution in [1.29, 1.82) is 0 Å². The minimum atomic E-state index is -0.819. The smallest absolute Gasteiger partial charge is 0.411 e. The summed E-state index contributed by atoms with van der Waals surface area (Å²) in [6, 6.07) is -1.15. The molecule has 2 atom stereocenters. The third-order valence-corrected chi connectivity index (χ3v) is 5.49. The lowest BCUT2D eigenvalue weighted by molar-refractivity contribution is -0.135. The van der Waals surface area contributed by atoms with Gasteiger partial charge in [-0.3, -0.25) is 14.5 Å². The van der Waals surface area contributed by atoms with E-state index >= 15 is 0 Å². The zero-order valence-electron chi connectivity index (χ0n) is 17.7.